The van der Waals surface area contributed by atoms with Crippen LogP contribution in [0.2, 0.25) is 0 Å². The summed E-state index contributed by atoms with van der Waals surface area (Å²) in [6.07, 6.45) is 4.02. The van der Waals surface area contributed by atoms with Crippen molar-refractivity contribution >= 4 is 11.8 Å². The summed E-state index contributed by atoms with van der Waals surface area (Å²) in [7, 11) is 0. The van der Waals surface area contributed by atoms with E-state index in [2.05, 4.69) is 29.4 Å². The SMILES string of the molecule is CC(C)NC(=O)C1CCCC(NC(=O)c2ccc(CN3CC(C)OC(C)C3)cc2)C1. The molecule has 30 heavy (non-hydrogen) atoms. The summed E-state index contributed by atoms with van der Waals surface area (Å²) in [5.41, 5.74) is 1.88. The Bertz CT molecular complexity index is 709. The number of morpholine rings is 1. The maximum absolute atomic E-state index is 12.7. The molecule has 1 aliphatic heterocycles. The average Bonchev–Trinajstić information content (AvgIpc) is 2.67. The summed E-state index contributed by atoms with van der Waals surface area (Å²) in [4.78, 5) is 27.4. The summed E-state index contributed by atoms with van der Waals surface area (Å²) in [6, 6.07) is 8.10. The minimum atomic E-state index is -0.0508. The lowest BCUT2D eigenvalue weighted by Gasteiger charge is -2.35. The van der Waals surface area contributed by atoms with E-state index in [1.807, 2.05) is 38.1 Å². The average molecular weight is 416 g/mol. The van der Waals surface area contributed by atoms with E-state index in [1.165, 1.54) is 5.56 Å². The molecule has 1 heterocycles. The van der Waals surface area contributed by atoms with E-state index in [0.717, 1.165) is 45.3 Å². The lowest BCUT2D eigenvalue weighted by atomic mass is 9.85. The van der Waals surface area contributed by atoms with Crippen molar-refractivity contribution in [1.29, 1.82) is 0 Å². The van der Waals surface area contributed by atoms with E-state index < -0.39 is 0 Å². The number of benzene rings is 1. The van der Waals surface area contributed by atoms with Crippen LogP contribution in [0.4, 0.5) is 0 Å². The van der Waals surface area contributed by atoms with Crippen LogP contribution in [-0.4, -0.2) is 54.1 Å². The largest absolute Gasteiger partial charge is 0.373 e. The van der Waals surface area contributed by atoms with E-state index in [1.54, 1.807) is 0 Å². The van der Waals surface area contributed by atoms with Crippen molar-refractivity contribution in [2.24, 2.45) is 5.92 Å². The highest BCUT2D eigenvalue weighted by atomic mass is 16.5. The molecule has 6 nitrogen and oxygen atoms in total. The second kappa shape index (κ2) is 10.4. The van der Waals surface area contributed by atoms with E-state index in [0.29, 0.717) is 5.56 Å². The minimum absolute atomic E-state index is 0.00729. The first-order valence-corrected chi connectivity index (χ1v) is 11.4. The Hall–Kier alpha value is -1.92. The Labute approximate surface area is 180 Å². The lowest BCUT2D eigenvalue weighted by molar-refractivity contribution is -0.126. The smallest absolute Gasteiger partial charge is 0.251 e. The van der Waals surface area contributed by atoms with Gasteiger partial charge in [-0.25, -0.2) is 0 Å². The Morgan fingerprint density at radius 1 is 1.10 bits per heavy atom. The lowest BCUT2D eigenvalue weighted by Crippen LogP contribution is -2.44. The predicted molar refractivity (Wildman–Crippen MR) is 118 cm³/mol. The van der Waals surface area contributed by atoms with Crippen LogP contribution in [0, 0.1) is 5.92 Å². The van der Waals surface area contributed by atoms with Gasteiger partial charge in [0.2, 0.25) is 5.91 Å². The zero-order chi connectivity index (χ0) is 21.7. The second-order valence-corrected chi connectivity index (χ2v) is 9.35. The Kier molecular flexibility index (Phi) is 7.89. The van der Waals surface area contributed by atoms with Gasteiger partial charge in [-0.15, -0.1) is 0 Å². The van der Waals surface area contributed by atoms with Crippen molar-refractivity contribution < 1.29 is 14.3 Å². The summed E-state index contributed by atoms with van der Waals surface area (Å²) >= 11 is 0. The van der Waals surface area contributed by atoms with Gasteiger partial charge in [0.25, 0.3) is 5.91 Å². The van der Waals surface area contributed by atoms with Gasteiger partial charge in [-0.1, -0.05) is 18.6 Å². The number of nitrogens with one attached hydrogen (secondary N) is 2. The van der Waals surface area contributed by atoms with Gasteiger partial charge in [-0.3, -0.25) is 14.5 Å². The molecule has 0 spiro atoms. The molecular formula is C24H37N3O3. The van der Waals surface area contributed by atoms with Crippen LogP contribution in [0.1, 0.15) is 69.3 Å². The molecule has 0 radical (unpaired) electrons. The number of rotatable bonds is 6. The van der Waals surface area contributed by atoms with Crippen LogP contribution in [0.15, 0.2) is 24.3 Å². The van der Waals surface area contributed by atoms with Gasteiger partial charge in [0, 0.05) is 43.2 Å². The standard InChI is InChI=1S/C24H37N3O3/c1-16(2)25-24(29)21-6-5-7-22(12-21)26-23(28)20-10-8-19(9-11-20)15-27-13-17(3)30-18(4)14-27/h8-11,16-18,21-22H,5-7,12-15H2,1-4H3,(H,25,29)(H,26,28). The molecule has 2 N–H and O–H groups in total. The molecule has 2 aliphatic rings. The molecular weight excluding hydrogens is 378 g/mol. The van der Waals surface area contributed by atoms with Gasteiger partial charge in [0.1, 0.15) is 0 Å². The second-order valence-electron chi connectivity index (χ2n) is 9.35. The molecule has 6 heteroatoms. The van der Waals surface area contributed by atoms with E-state index in [-0.39, 0.29) is 42.0 Å². The fraction of sp³-hybridized carbons (Fsp3) is 0.667. The number of carbonyl (C=O) groups is 2. The molecule has 0 bridgehead atoms. The quantitative estimate of drug-likeness (QED) is 0.749. The van der Waals surface area contributed by atoms with Crippen molar-refractivity contribution in [3.05, 3.63) is 35.4 Å². The van der Waals surface area contributed by atoms with Crippen molar-refractivity contribution in [2.75, 3.05) is 13.1 Å². The number of nitrogens with zero attached hydrogens (tertiary/aromatic N) is 1. The fourth-order valence-corrected chi connectivity index (χ4v) is 4.66. The Balaban J connectivity index is 1.51. The van der Waals surface area contributed by atoms with E-state index in [4.69, 9.17) is 4.74 Å². The highest BCUT2D eigenvalue weighted by molar-refractivity contribution is 5.94. The third-order valence-electron chi connectivity index (χ3n) is 5.93. The molecule has 4 unspecified atom stereocenters. The molecule has 1 saturated carbocycles. The van der Waals surface area contributed by atoms with Gasteiger partial charge < -0.3 is 15.4 Å². The normalized spacial score (nSPS) is 27.6. The maximum atomic E-state index is 12.7. The third-order valence-corrected chi connectivity index (χ3v) is 5.93. The number of amides is 2. The summed E-state index contributed by atoms with van der Waals surface area (Å²) in [6.45, 7) is 10.9. The Morgan fingerprint density at radius 3 is 2.40 bits per heavy atom. The Morgan fingerprint density at radius 2 is 1.77 bits per heavy atom. The monoisotopic (exact) mass is 415 g/mol. The molecule has 0 aromatic heterocycles. The highest BCUT2D eigenvalue weighted by Crippen LogP contribution is 2.25. The molecule has 3 rings (SSSR count). The summed E-state index contributed by atoms with van der Waals surface area (Å²) in [5, 5.41) is 6.14. The number of carbonyl (C=O) groups excluding carboxylic acids is 2. The van der Waals surface area contributed by atoms with Crippen LogP contribution in [0.5, 0.6) is 0 Å². The molecule has 1 aromatic carbocycles. The molecule has 1 saturated heterocycles. The summed E-state index contributed by atoms with van der Waals surface area (Å²) in [5.74, 6) is 0.0530. The fourth-order valence-electron chi connectivity index (χ4n) is 4.66. The van der Waals surface area contributed by atoms with Crippen LogP contribution in [0.25, 0.3) is 0 Å². The van der Waals surface area contributed by atoms with Crippen LogP contribution < -0.4 is 10.6 Å². The van der Waals surface area contributed by atoms with Crippen LogP contribution in [-0.2, 0) is 16.1 Å². The molecule has 166 valence electrons. The molecule has 2 amide bonds. The zero-order valence-corrected chi connectivity index (χ0v) is 18.8. The predicted octanol–water partition coefficient (Wildman–Crippen LogP) is 3.11. The number of ether oxygens (including phenoxy) is 1. The number of hydrogen-bond acceptors (Lipinski definition) is 4. The summed E-state index contributed by atoms with van der Waals surface area (Å²) < 4.78 is 5.80. The van der Waals surface area contributed by atoms with E-state index in [9.17, 15) is 9.59 Å². The maximum Gasteiger partial charge on any atom is 0.251 e. The topological polar surface area (TPSA) is 70.7 Å². The first kappa shape index (κ1) is 22.8. The van der Waals surface area contributed by atoms with Crippen molar-refractivity contribution in [2.45, 2.75) is 84.2 Å². The van der Waals surface area contributed by atoms with Crippen LogP contribution in [0.3, 0.4) is 0 Å². The first-order chi connectivity index (χ1) is 14.3. The van der Waals surface area contributed by atoms with Crippen LogP contribution >= 0.6 is 0 Å². The van der Waals surface area contributed by atoms with Gasteiger partial charge in [0.05, 0.1) is 12.2 Å². The van der Waals surface area contributed by atoms with E-state index >= 15 is 0 Å². The highest BCUT2D eigenvalue weighted by Gasteiger charge is 2.28. The molecule has 4 atom stereocenters. The van der Waals surface area contributed by atoms with Gasteiger partial charge in [0.15, 0.2) is 0 Å². The molecule has 1 aliphatic carbocycles. The third kappa shape index (κ3) is 6.54. The van der Waals surface area contributed by atoms with Gasteiger partial charge >= 0.3 is 0 Å². The van der Waals surface area contributed by atoms with Crippen molar-refractivity contribution in [3.63, 3.8) is 0 Å². The van der Waals surface area contributed by atoms with Crippen molar-refractivity contribution in [1.82, 2.24) is 15.5 Å². The number of hydrogen-bond donors (Lipinski definition) is 2. The minimum Gasteiger partial charge on any atom is -0.373 e. The van der Waals surface area contributed by atoms with Gasteiger partial charge in [-0.05, 0) is 64.7 Å². The first-order valence-electron chi connectivity index (χ1n) is 11.4. The van der Waals surface area contributed by atoms with Crippen molar-refractivity contribution in [3.8, 4) is 0 Å². The molecule has 2 fully saturated rings. The zero-order valence-electron chi connectivity index (χ0n) is 18.8. The van der Waals surface area contributed by atoms with Gasteiger partial charge in [-0.2, -0.15) is 0 Å². The molecule has 1 aromatic rings.